The van der Waals surface area contributed by atoms with Gasteiger partial charge < -0.3 is 20.1 Å². The van der Waals surface area contributed by atoms with Crippen LogP contribution in [0, 0.1) is 0 Å². The molecule has 0 aliphatic rings. The van der Waals surface area contributed by atoms with E-state index in [1.807, 2.05) is 23.6 Å². The van der Waals surface area contributed by atoms with Crippen LogP contribution in [-0.4, -0.2) is 30.1 Å². The zero-order valence-corrected chi connectivity index (χ0v) is 15.2. The maximum absolute atomic E-state index is 12.3. The minimum atomic E-state index is -0.189. The summed E-state index contributed by atoms with van der Waals surface area (Å²) >= 11 is 1.42. The Kier molecular flexibility index (Phi) is 5.65. The summed E-state index contributed by atoms with van der Waals surface area (Å²) in [6, 6.07) is 10.8. The van der Waals surface area contributed by atoms with Gasteiger partial charge in [-0.05, 0) is 24.3 Å². The Labute approximate surface area is 155 Å². The van der Waals surface area contributed by atoms with E-state index in [0.717, 1.165) is 0 Å². The molecule has 0 aliphatic carbocycles. The number of nitrogens with one attached hydrogen (secondary N) is 2. The second kappa shape index (κ2) is 8.30. The van der Waals surface area contributed by atoms with Crippen LogP contribution >= 0.6 is 11.3 Å². The Morgan fingerprint density at radius 3 is 2.81 bits per heavy atom. The smallest absolute Gasteiger partial charge is 0.230 e. The molecule has 3 rings (SSSR count). The van der Waals surface area contributed by atoms with E-state index in [-0.39, 0.29) is 12.3 Å². The van der Waals surface area contributed by atoms with E-state index in [4.69, 9.17) is 9.47 Å². The van der Waals surface area contributed by atoms with E-state index in [0.29, 0.717) is 33.8 Å². The van der Waals surface area contributed by atoms with Gasteiger partial charge in [0.15, 0.2) is 5.13 Å². The number of carbonyl (C=O) groups is 1. The van der Waals surface area contributed by atoms with Crippen molar-refractivity contribution in [2.24, 2.45) is 0 Å². The number of ether oxygens (including phenoxy) is 2. The molecule has 2 aromatic heterocycles. The van der Waals surface area contributed by atoms with Gasteiger partial charge in [-0.1, -0.05) is 6.07 Å². The van der Waals surface area contributed by atoms with Gasteiger partial charge in [-0.3, -0.25) is 4.79 Å². The van der Waals surface area contributed by atoms with Crippen LogP contribution in [0.4, 0.5) is 16.6 Å². The van der Waals surface area contributed by atoms with Gasteiger partial charge in [-0.15, -0.1) is 11.3 Å². The van der Waals surface area contributed by atoms with Crippen molar-refractivity contribution in [2.45, 2.75) is 6.42 Å². The van der Waals surface area contributed by atoms with Gasteiger partial charge in [0.2, 0.25) is 5.91 Å². The fourth-order valence-corrected chi connectivity index (χ4v) is 2.98. The standard InChI is InChI=1S/C18H18N4O3S/c1-24-13-6-7-15(25-2)14(10-13)21-17(23)9-12-11-26-18(20-12)22-16-5-3-4-8-19-16/h3-8,10-11H,9H2,1-2H3,(H,21,23)(H,19,20,22). The molecule has 2 N–H and O–H groups in total. The molecule has 0 aliphatic heterocycles. The first-order valence-electron chi connectivity index (χ1n) is 7.82. The number of aromatic nitrogens is 2. The topological polar surface area (TPSA) is 85.4 Å². The number of hydrogen-bond donors (Lipinski definition) is 2. The van der Waals surface area contributed by atoms with Gasteiger partial charge in [0, 0.05) is 17.6 Å². The van der Waals surface area contributed by atoms with Gasteiger partial charge >= 0.3 is 0 Å². The molecular weight excluding hydrogens is 352 g/mol. The van der Waals surface area contributed by atoms with E-state index in [1.165, 1.54) is 11.3 Å². The molecule has 0 fully saturated rings. The lowest BCUT2D eigenvalue weighted by Gasteiger charge is -2.11. The Hall–Kier alpha value is -3.13. The number of carbonyl (C=O) groups excluding carboxylic acids is 1. The number of hydrogen-bond acceptors (Lipinski definition) is 7. The van der Waals surface area contributed by atoms with Crippen LogP contribution < -0.4 is 20.1 Å². The molecule has 26 heavy (non-hydrogen) atoms. The summed E-state index contributed by atoms with van der Waals surface area (Å²) < 4.78 is 10.4. The van der Waals surface area contributed by atoms with Crippen molar-refractivity contribution in [3.05, 3.63) is 53.7 Å². The van der Waals surface area contributed by atoms with Crippen molar-refractivity contribution in [3.8, 4) is 11.5 Å². The number of rotatable bonds is 7. The largest absolute Gasteiger partial charge is 0.497 e. The van der Waals surface area contributed by atoms with Crippen molar-refractivity contribution < 1.29 is 14.3 Å². The lowest BCUT2D eigenvalue weighted by molar-refractivity contribution is -0.115. The highest BCUT2D eigenvalue weighted by Gasteiger charge is 2.12. The molecule has 0 saturated carbocycles. The van der Waals surface area contributed by atoms with Crippen molar-refractivity contribution in [1.82, 2.24) is 9.97 Å². The number of methoxy groups -OCH3 is 2. The first-order valence-corrected chi connectivity index (χ1v) is 8.70. The van der Waals surface area contributed by atoms with E-state index in [2.05, 4.69) is 20.6 Å². The number of pyridine rings is 1. The van der Waals surface area contributed by atoms with Gasteiger partial charge in [0.25, 0.3) is 0 Å². The Balaban J connectivity index is 1.64. The summed E-state index contributed by atoms with van der Waals surface area (Å²) in [6.07, 6.45) is 1.85. The second-order valence-electron chi connectivity index (χ2n) is 5.28. The van der Waals surface area contributed by atoms with Crippen molar-refractivity contribution in [2.75, 3.05) is 24.9 Å². The Morgan fingerprint density at radius 1 is 1.19 bits per heavy atom. The molecule has 0 radical (unpaired) electrons. The van der Waals surface area contributed by atoms with Gasteiger partial charge in [0.1, 0.15) is 17.3 Å². The highest BCUT2D eigenvalue weighted by molar-refractivity contribution is 7.13. The fourth-order valence-electron chi connectivity index (χ4n) is 2.26. The van der Waals surface area contributed by atoms with Gasteiger partial charge in [-0.25, -0.2) is 9.97 Å². The first-order chi connectivity index (χ1) is 12.7. The minimum absolute atomic E-state index is 0.154. The average molecular weight is 370 g/mol. The van der Waals surface area contributed by atoms with Crippen LogP contribution in [0.3, 0.4) is 0 Å². The monoisotopic (exact) mass is 370 g/mol. The summed E-state index contributed by atoms with van der Waals surface area (Å²) in [7, 11) is 3.12. The molecule has 1 aromatic carbocycles. The van der Waals surface area contributed by atoms with E-state index >= 15 is 0 Å². The van der Waals surface area contributed by atoms with Crippen LogP contribution in [0.25, 0.3) is 0 Å². The number of thiazole rings is 1. The van der Waals surface area contributed by atoms with Crippen molar-refractivity contribution >= 4 is 33.9 Å². The molecule has 0 saturated heterocycles. The molecule has 3 aromatic rings. The van der Waals surface area contributed by atoms with E-state index in [9.17, 15) is 4.79 Å². The number of nitrogens with zero attached hydrogens (tertiary/aromatic N) is 2. The fraction of sp³-hybridized carbons (Fsp3) is 0.167. The quantitative estimate of drug-likeness (QED) is 0.662. The molecular formula is C18H18N4O3S. The zero-order valence-electron chi connectivity index (χ0n) is 14.4. The van der Waals surface area contributed by atoms with Gasteiger partial charge in [0.05, 0.1) is 32.0 Å². The third-order valence-corrected chi connectivity index (χ3v) is 4.28. The summed E-state index contributed by atoms with van der Waals surface area (Å²) in [5.74, 6) is 1.72. The van der Waals surface area contributed by atoms with Crippen LogP contribution in [0.15, 0.2) is 48.0 Å². The highest BCUT2D eigenvalue weighted by Crippen LogP contribution is 2.29. The van der Waals surface area contributed by atoms with Crippen molar-refractivity contribution in [3.63, 3.8) is 0 Å². The lowest BCUT2D eigenvalue weighted by atomic mass is 10.2. The summed E-state index contributed by atoms with van der Waals surface area (Å²) in [5, 5.41) is 8.47. The van der Waals surface area contributed by atoms with E-state index in [1.54, 1.807) is 38.6 Å². The molecule has 7 nitrogen and oxygen atoms in total. The summed E-state index contributed by atoms with van der Waals surface area (Å²) in [6.45, 7) is 0. The van der Waals surface area contributed by atoms with Crippen LogP contribution in [0.5, 0.6) is 11.5 Å². The second-order valence-corrected chi connectivity index (χ2v) is 6.13. The number of amides is 1. The molecule has 0 atom stereocenters. The molecule has 0 unspecified atom stereocenters. The maximum atomic E-state index is 12.3. The Morgan fingerprint density at radius 2 is 2.08 bits per heavy atom. The van der Waals surface area contributed by atoms with Gasteiger partial charge in [-0.2, -0.15) is 0 Å². The number of anilines is 3. The predicted molar refractivity (Wildman–Crippen MR) is 102 cm³/mol. The van der Waals surface area contributed by atoms with E-state index < -0.39 is 0 Å². The highest BCUT2D eigenvalue weighted by atomic mass is 32.1. The summed E-state index contributed by atoms with van der Waals surface area (Å²) in [5.41, 5.74) is 1.23. The SMILES string of the molecule is COc1ccc(OC)c(NC(=O)Cc2csc(Nc3ccccn3)n2)c1. The van der Waals surface area contributed by atoms with Crippen molar-refractivity contribution in [1.29, 1.82) is 0 Å². The predicted octanol–water partition coefficient (Wildman–Crippen LogP) is 3.48. The molecule has 8 heteroatoms. The van der Waals surface area contributed by atoms with Crippen LogP contribution in [0.2, 0.25) is 0 Å². The minimum Gasteiger partial charge on any atom is -0.497 e. The normalized spacial score (nSPS) is 10.2. The molecule has 0 spiro atoms. The summed E-state index contributed by atoms with van der Waals surface area (Å²) in [4.78, 5) is 20.9. The Bertz CT molecular complexity index is 883. The zero-order chi connectivity index (χ0) is 18.4. The van der Waals surface area contributed by atoms with Crippen LogP contribution in [0.1, 0.15) is 5.69 Å². The third kappa shape index (κ3) is 4.48. The lowest BCUT2D eigenvalue weighted by Crippen LogP contribution is -2.15. The molecule has 0 bridgehead atoms. The average Bonchev–Trinajstić information content (AvgIpc) is 3.09. The maximum Gasteiger partial charge on any atom is 0.230 e. The molecule has 2 heterocycles. The molecule has 1 amide bonds. The van der Waals surface area contributed by atoms with Crippen LogP contribution in [-0.2, 0) is 11.2 Å². The third-order valence-electron chi connectivity index (χ3n) is 3.47. The first kappa shape index (κ1) is 17.7. The number of benzene rings is 1. The molecule has 134 valence electrons.